The molecule has 0 aliphatic heterocycles. The van der Waals surface area contributed by atoms with Crippen LogP contribution in [0.2, 0.25) is 10.0 Å². The van der Waals surface area contributed by atoms with Crippen molar-refractivity contribution in [3.05, 3.63) is 63.9 Å². The lowest BCUT2D eigenvalue weighted by Crippen LogP contribution is -2.14. The van der Waals surface area contributed by atoms with Crippen molar-refractivity contribution < 1.29 is 5.11 Å². The molecule has 0 aliphatic carbocycles. The normalized spacial score (nSPS) is 12.2. The first-order valence-electron chi connectivity index (χ1n) is 7.27. The van der Waals surface area contributed by atoms with Gasteiger partial charge in [-0.25, -0.2) is 4.68 Å². The Labute approximate surface area is 149 Å². The molecule has 6 nitrogen and oxygen atoms in total. The van der Waals surface area contributed by atoms with Gasteiger partial charge in [0.15, 0.2) is 5.82 Å². The zero-order valence-corrected chi connectivity index (χ0v) is 14.3. The standard InChI is InChI=1S/C16H15Cl2N5O/c1-10-7-8-23(22-10)15-6-5-14(20-21-15)19-9-13(24)16-11(17)3-2-4-12(16)18/h2-8,13,24H,9H2,1H3,(H,19,20). The van der Waals surface area contributed by atoms with Gasteiger partial charge in [-0.15, -0.1) is 10.2 Å². The summed E-state index contributed by atoms with van der Waals surface area (Å²) in [6.07, 6.45) is 0.955. The summed E-state index contributed by atoms with van der Waals surface area (Å²) in [5, 5.41) is 26.6. The molecule has 8 heteroatoms. The van der Waals surface area contributed by atoms with Crippen molar-refractivity contribution in [2.45, 2.75) is 13.0 Å². The summed E-state index contributed by atoms with van der Waals surface area (Å²) in [6.45, 7) is 2.11. The molecule has 0 radical (unpaired) electrons. The van der Waals surface area contributed by atoms with E-state index in [1.165, 1.54) is 0 Å². The minimum Gasteiger partial charge on any atom is -0.386 e. The van der Waals surface area contributed by atoms with Crippen molar-refractivity contribution in [2.24, 2.45) is 0 Å². The molecule has 2 aromatic heterocycles. The van der Waals surface area contributed by atoms with Crippen LogP contribution in [0, 0.1) is 6.92 Å². The molecule has 1 aromatic carbocycles. The molecule has 124 valence electrons. The van der Waals surface area contributed by atoms with Gasteiger partial charge in [-0.2, -0.15) is 5.10 Å². The van der Waals surface area contributed by atoms with Crippen LogP contribution in [-0.2, 0) is 0 Å². The van der Waals surface area contributed by atoms with Crippen molar-refractivity contribution >= 4 is 29.0 Å². The van der Waals surface area contributed by atoms with E-state index in [2.05, 4.69) is 20.6 Å². The first-order chi connectivity index (χ1) is 11.5. The summed E-state index contributed by atoms with van der Waals surface area (Å²) < 4.78 is 1.64. The lowest BCUT2D eigenvalue weighted by Gasteiger charge is -2.15. The van der Waals surface area contributed by atoms with Crippen molar-refractivity contribution in [3.63, 3.8) is 0 Å². The fourth-order valence-electron chi connectivity index (χ4n) is 2.22. The quantitative estimate of drug-likeness (QED) is 0.726. The molecule has 2 N–H and O–H groups in total. The first kappa shape index (κ1) is 16.7. The number of hydrogen-bond donors (Lipinski definition) is 2. The Bertz CT molecular complexity index is 814. The summed E-state index contributed by atoms with van der Waals surface area (Å²) in [6, 6.07) is 10.5. The van der Waals surface area contributed by atoms with Gasteiger partial charge in [0, 0.05) is 28.4 Å². The monoisotopic (exact) mass is 363 g/mol. The maximum atomic E-state index is 10.3. The van der Waals surface area contributed by atoms with Gasteiger partial charge in [-0.05, 0) is 37.3 Å². The molecule has 0 aliphatic rings. The minimum atomic E-state index is -0.860. The van der Waals surface area contributed by atoms with Crippen LogP contribution in [-0.4, -0.2) is 31.6 Å². The SMILES string of the molecule is Cc1ccn(-c2ccc(NCC(O)c3c(Cl)cccc3Cl)nn2)n1. The van der Waals surface area contributed by atoms with Crippen LogP contribution in [0.5, 0.6) is 0 Å². The number of aryl methyl sites for hydroxylation is 1. The molecule has 1 atom stereocenters. The Balaban J connectivity index is 1.66. The first-order valence-corrected chi connectivity index (χ1v) is 8.02. The van der Waals surface area contributed by atoms with Crippen LogP contribution < -0.4 is 5.32 Å². The average molecular weight is 364 g/mol. The molecule has 0 saturated carbocycles. The minimum absolute atomic E-state index is 0.207. The predicted molar refractivity (Wildman–Crippen MR) is 93.8 cm³/mol. The van der Waals surface area contributed by atoms with Crippen LogP contribution >= 0.6 is 23.2 Å². The number of nitrogens with zero attached hydrogens (tertiary/aromatic N) is 4. The van der Waals surface area contributed by atoms with Gasteiger partial charge in [-0.1, -0.05) is 29.3 Å². The third kappa shape index (κ3) is 3.67. The second-order valence-corrected chi connectivity index (χ2v) is 6.02. The van der Waals surface area contributed by atoms with Gasteiger partial charge in [0.1, 0.15) is 5.82 Å². The molecular formula is C16H15Cl2N5O. The number of anilines is 1. The highest BCUT2D eigenvalue weighted by atomic mass is 35.5. The number of aliphatic hydroxyl groups is 1. The second-order valence-electron chi connectivity index (χ2n) is 5.21. The van der Waals surface area contributed by atoms with Crippen molar-refractivity contribution in [3.8, 4) is 5.82 Å². The molecule has 1 unspecified atom stereocenters. The van der Waals surface area contributed by atoms with Gasteiger partial charge in [0.25, 0.3) is 0 Å². The average Bonchev–Trinajstić information content (AvgIpc) is 3.00. The highest BCUT2D eigenvalue weighted by Gasteiger charge is 2.15. The number of halogens is 2. The summed E-state index contributed by atoms with van der Waals surface area (Å²) >= 11 is 12.2. The molecule has 0 spiro atoms. The number of aliphatic hydroxyl groups excluding tert-OH is 1. The highest BCUT2D eigenvalue weighted by molar-refractivity contribution is 6.36. The van der Waals surface area contributed by atoms with E-state index in [1.54, 1.807) is 35.0 Å². The van der Waals surface area contributed by atoms with Gasteiger partial charge in [0.2, 0.25) is 0 Å². The van der Waals surface area contributed by atoms with E-state index in [9.17, 15) is 5.11 Å². The number of rotatable bonds is 5. The van der Waals surface area contributed by atoms with Crippen LogP contribution in [0.1, 0.15) is 17.4 Å². The maximum Gasteiger partial charge on any atom is 0.175 e. The zero-order valence-electron chi connectivity index (χ0n) is 12.8. The lowest BCUT2D eigenvalue weighted by molar-refractivity contribution is 0.191. The molecule has 3 rings (SSSR count). The molecule has 0 bridgehead atoms. The highest BCUT2D eigenvalue weighted by Crippen LogP contribution is 2.30. The zero-order chi connectivity index (χ0) is 17.1. The van der Waals surface area contributed by atoms with Crippen molar-refractivity contribution in [2.75, 3.05) is 11.9 Å². The molecule has 0 fully saturated rings. The summed E-state index contributed by atoms with van der Waals surface area (Å²) in [7, 11) is 0. The number of nitrogens with one attached hydrogen (secondary N) is 1. The Kier molecular flexibility index (Phi) is 4.99. The van der Waals surface area contributed by atoms with E-state index < -0.39 is 6.10 Å². The number of aromatic nitrogens is 4. The summed E-state index contributed by atoms with van der Waals surface area (Å²) in [5.41, 5.74) is 1.39. The fourth-order valence-corrected chi connectivity index (χ4v) is 2.87. The smallest absolute Gasteiger partial charge is 0.175 e. The van der Waals surface area contributed by atoms with Crippen LogP contribution in [0.3, 0.4) is 0 Å². The topological polar surface area (TPSA) is 75.9 Å². The second kappa shape index (κ2) is 7.17. The third-order valence-electron chi connectivity index (χ3n) is 3.42. The van der Waals surface area contributed by atoms with Gasteiger partial charge >= 0.3 is 0 Å². The Morgan fingerprint density at radius 2 is 1.88 bits per heavy atom. The van der Waals surface area contributed by atoms with Gasteiger partial charge in [-0.3, -0.25) is 0 Å². The maximum absolute atomic E-state index is 10.3. The molecule has 0 amide bonds. The number of benzene rings is 1. The van der Waals surface area contributed by atoms with Crippen LogP contribution in [0.25, 0.3) is 5.82 Å². The van der Waals surface area contributed by atoms with Crippen LogP contribution in [0.15, 0.2) is 42.6 Å². The van der Waals surface area contributed by atoms with Gasteiger partial charge < -0.3 is 10.4 Å². The predicted octanol–water partition coefficient (Wildman–Crippen LogP) is 3.42. The Morgan fingerprint density at radius 1 is 1.12 bits per heavy atom. The summed E-state index contributed by atoms with van der Waals surface area (Å²) in [5.74, 6) is 1.15. The molecule has 3 aromatic rings. The van der Waals surface area contributed by atoms with E-state index in [0.29, 0.717) is 27.2 Å². The van der Waals surface area contributed by atoms with E-state index in [4.69, 9.17) is 23.2 Å². The van der Waals surface area contributed by atoms with Crippen molar-refractivity contribution in [1.29, 1.82) is 0 Å². The largest absolute Gasteiger partial charge is 0.386 e. The molecule has 2 heterocycles. The Morgan fingerprint density at radius 3 is 2.46 bits per heavy atom. The van der Waals surface area contributed by atoms with Crippen LogP contribution in [0.4, 0.5) is 5.82 Å². The van der Waals surface area contributed by atoms with Crippen molar-refractivity contribution in [1.82, 2.24) is 20.0 Å². The molecular weight excluding hydrogens is 349 g/mol. The fraction of sp³-hybridized carbons (Fsp3) is 0.188. The van der Waals surface area contributed by atoms with E-state index in [0.717, 1.165) is 5.69 Å². The van der Waals surface area contributed by atoms with E-state index in [1.807, 2.05) is 19.2 Å². The molecule has 0 saturated heterocycles. The van der Waals surface area contributed by atoms with E-state index >= 15 is 0 Å². The van der Waals surface area contributed by atoms with Gasteiger partial charge in [0.05, 0.1) is 11.8 Å². The third-order valence-corrected chi connectivity index (χ3v) is 4.08. The summed E-state index contributed by atoms with van der Waals surface area (Å²) in [4.78, 5) is 0. The van der Waals surface area contributed by atoms with E-state index in [-0.39, 0.29) is 6.54 Å². The molecule has 24 heavy (non-hydrogen) atoms. The lowest BCUT2D eigenvalue weighted by atomic mass is 10.1. The number of hydrogen-bond acceptors (Lipinski definition) is 5. The Hall–Kier alpha value is -2.15.